The van der Waals surface area contributed by atoms with Crippen molar-refractivity contribution in [1.82, 2.24) is 9.55 Å². The SMILES string of the molecule is Cc1ccc(-n2ccnc2NC2CCCCC2)c(Br)c1. The van der Waals surface area contributed by atoms with E-state index >= 15 is 0 Å². The minimum Gasteiger partial charge on any atom is -0.353 e. The summed E-state index contributed by atoms with van der Waals surface area (Å²) in [7, 11) is 0. The Morgan fingerprint density at radius 2 is 2.05 bits per heavy atom. The molecule has 0 atom stereocenters. The lowest BCUT2D eigenvalue weighted by atomic mass is 9.96. The summed E-state index contributed by atoms with van der Waals surface area (Å²) in [6.07, 6.45) is 10.4. The smallest absolute Gasteiger partial charge is 0.207 e. The molecule has 1 aliphatic carbocycles. The predicted molar refractivity (Wildman–Crippen MR) is 86.5 cm³/mol. The number of nitrogens with one attached hydrogen (secondary N) is 1. The van der Waals surface area contributed by atoms with Gasteiger partial charge in [0, 0.05) is 22.9 Å². The average molecular weight is 334 g/mol. The van der Waals surface area contributed by atoms with Crippen LogP contribution in [-0.2, 0) is 0 Å². The molecule has 3 rings (SSSR count). The van der Waals surface area contributed by atoms with Crippen LogP contribution in [0.3, 0.4) is 0 Å². The minimum absolute atomic E-state index is 0.564. The first-order valence-electron chi connectivity index (χ1n) is 7.30. The van der Waals surface area contributed by atoms with Gasteiger partial charge in [0.15, 0.2) is 0 Å². The Morgan fingerprint density at radius 3 is 2.80 bits per heavy atom. The van der Waals surface area contributed by atoms with Crippen molar-refractivity contribution in [2.75, 3.05) is 5.32 Å². The predicted octanol–water partition coefficient (Wildman–Crippen LogP) is 4.69. The Balaban J connectivity index is 1.85. The highest BCUT2D eigenvalue weighted by atomic mass is 79.9. The van der Waals surface area contributed by atoms with Crippen molar-refractivity contribution in [1.29, 1.82) is 0 Å². The normalized spacial score (nSPS) is 16.3. The second kappa shape index (κ2) is 6.00. The number of aryl methyl sites for hydroxylation is 1. The molecule has 0 amide bonds. The second-order valence-electron chi connectivity index (χ2n) is 5.55. The van der Waals surface area contributed by atoms with E-state index in [4.69, 9.17) is 0 Å². The topological polar surface area (TPSA) is 29.9 Å². The van der Waals surface area contributed by atoms with Crippen LogP contribution < -0.4 is 5.32 Å². The molecule has 106 valence electrons. The number of rotatable bonds is 3. The lowest BCUT2D eigenvalue weighted by Gasteiger charge is -2.23. The molecule has 1 fully saturated rings. The molecule has 1 saturated carbocycles. The van der Waals surface area contributed by atoms with Gasteiger partial charge in [-0.2, -0.15) is 0 Å². The van der Waals surface area contributed by atoms with Crippen LogP contribution in [0.4, 0.5) is 5.95 Å². The first kappa shape index (κ1) is 13.7. The molecule has 0 aliphatic heterocycles. The molecular weight excluding hydrogens is 314 g/mol. The van der Waals surface area contributed by atoms with Gasteiger partial charge < -0.3 is 5.32 Å². The highest BCUT2D eigenvalue weighted by Crippen LogP contribution is 2.27. The number of anilines is 1. The summed E-state index contributed by atoms with van der Waals surface area (Å²) in [5.41, 5.74) is 2.38. The largest absolute Gasteiger partial charge is 0.353 e. The van der Waals surface area contributed by atoms with Gasteiger partial charge in [0.05, 0.1) is 5.69 Å². The van der Waals surface area contributed by atoms with Crippen LogP contribution >= 0.6 is 15.9 Å². The third-order valence-corrected chi connectivity index (χ3v) is 4.58. The standard InChI is InChI=1S/C16H20BrN3/c1-12-7-8-15(14(17)11-12)20-10-9-18-16(20)19-13-5-3-2-4-6-13/h7-11,13H,2-6H2,1H3,(H,18,19). The zero-order valence-electron chi connectivity index (χ0n) is 11.8. The van der Waals surface area contributed by atoms with Crippen molar-refractivity contribution in [2.24, 2.45) is 0 Å². The van der Waals surface area contributed by atoms with E-state index in [1.54, 1.807) is 0 Å². The molecule has 0 bridgehead atoms. The maximum Gasteiger partial charge on any atom is 0.207 e. The Morgan fingerprint density at radius 1 is 1.25 bits per heavy atom. The number of imidazole rings is 1. The van der Waals surface area contributed by atoms with E-state index in [-0.39, 0.29) is 0 Å². The van der Waals surface area contributed by atoms with Crippen molar-refractivity contribution in [3.8, 4) is 5.69 Å². The van der Waals surface area contributed by atoms with Crippen LogP contribution in [0.15, 0.2) is 35.1 Å². The molecule has 20 heavy (non-hydrogen) atoms. The molecule has 1 N–H and O–H groups in total. The van der Waals surface area contributed by atoms with Crippen molar-refractivity contribution in [3.63, 3.8) is 0 Å². The van der Waals surface area contributed by atoms with Gasteiger partial charge in [-0.25, -0.2) is 4.98 Å². The maximum atomic E-state index is 4.48. The second-order valence-corrected chi connectivity index (χ2v) is 6.41. The lowest BCUT2D eigenvalue weighted by molar-refractivity contribution is 0.460. The van der Waals surface area contributed by atoms with Crippen LogP contribution in [0.25, 0.3) is 5.69 Å². The Hall–Kier alpha value is -1.29. The summed E-state index contributed by atoms with van der Waals surface area (Å²) in [6, 6.07) is 6.96. The first-order valence-corrected chi connectivity index (χ1v) is 8.10. The molecule has 1 aromatic carbocycles. The number of hydrogen-bond acceptors (Lipinski definition) is 2. The van der Waals surface area contributed by atoms with E-state index in [1.165, 1.54) is 37.7 Å². The fourth-order valence-corrected chi connectivity index (χ4v) is 3.53. The van der Waals surface area contributed by atoms with E-state index in [1.807, 2.05) is 12.4 Å². The van der Waals surface area contributed by atoms with Crippen molar-refractivity contribution >= 4 is 21.9 Å². The number of nitrogens with zero attached hydrogens (tertiary/aromatic N) is 2. The van der Waals surface area contributed by atoms with E-state index in [0.717, 1.165) is 16.1 Å². The van der Waals surface area contributed by atoms with Gasteiger partial charge in [-0.1, -0.05) is 25.3 Å². The number of hydrogen-bond donors (Lipinski definition) is 1. The summed E-state index contributed by atoms with van der Waals surface area (Å²) >= 11 is 3.65. The highest BCUT2D eigenvalue weighted by molar-refractivity contribution is 9.10. The van der Waals surface area contributed by atoms with Crippen LogP contribution in [0.5, 0.6) is 0 Å². The van der Waals surface area contributed by atoms with Gasteiger partial charge in [-0.05, 0) is 53.4 Å². The molecule has 0 radical (unpaired) electrons. The van der Waals surface area contributed by atoms with Crippen molar-refractivity contribution in [3.05, 3.63) is 40.6 Å². The van der Waals surface area contributed by atoms with Gasteiger partial charge in [0.2, 0.25) is 5.95 Å². The molecule has 3 nitrogen and oxygen atoms in total. The molecule has 1 aliphatic rings. The van der Waals surface area contributed by atoms with E-state index in [0.29, 0.717) is 6.04 Å². The van der Waals surface area contributed by atoms with E-state index in [9.17, 15) is 0 Å². The molecule has 0 spiro atoms. The monoisotopic (exact) mass is 333 g/mol. The first-order chi connectivity index (χ1) is 9.74. The molecule has 0 unspecified atom stereocenters. The van der Waals surface area contributed by atoms with E-state index in [2.05, 4.69) is 55.9 Å². The van der Waals surface area contributed by atoms with Crippen LogP contribution in [0, 0.1) is 6.92 Å². The zero-order chi connectivity index (χ0) is 13.9. The third-order valence-electron chi connectivity index (χ3n) is 3.94. The summed E-state index contributed by atoms with van der Waals surface area (Å²) in [6.45, 7) is 2.10. The number of benzene rings is 1. The quantitative estimate of drug-likeness (QED) is 0.883. The van der Waals surface area contributed by atoms with Crippen LogP contribution in [0.2, 0.25) is 0 Å². The van der Waals surface area contributed by atoms with Gasteiger partial charge in [-0.3, -0.25) is 4.57 Å². The van der Waals surface area contributed by atoms with Crippen molar-refractivity contribution in [2.45, 2.75) is 45.1 Å². The highest BCUT2D eigenvalue weighted by Gasteiger charge is 2.16. The average Bonchev–Trinajstić information content (AvgIpc) is 2.88. The molecule has 4 heteroatoms. The number of halogens is 1. The number of aromatic nitrogens is 2. The van der Waals surface area contributed by atoms with Gasteiger partial charge >= 0.3 is 0 Å². The fraction of sp³-hybridized carbons (Fsp3) is 0.438. The van der Waals surface area contributed by atoms with Gasteiger partial charge in [0.1, 0.15) is 0 Å². The third kappa shape index (κ3) is 2.90. The molecule has 1 aromatic heterocycles. The molecule has 2 aromatic rings. The summed E-state index contributed by atoms with van der Waals surface area (Å²) in [4.78, 5) is 4.48. The maximum absolute atomic E-state index is 4.48. The molecular formula is C16H20BrN3. The molecule has 0 saturated heterocycles. The van der Waals surface area contributed by atoms with Gasteiger partial charge in [-0.15, -0.1) is 0 Å². The lowest BCUT2D eigenvalue weighted by Crippen LogP contribution is -2.24. The summed E-state index contributed by atoms with van der Waals surface area (Å²) < 4.78 is 3.22. The Labute approximate surface area is 128 Å². The summed E-state index contributed by atoms with van der Waals surface area (Å²) in [5, 5.41) is 3.60. The van der Waals surface area contributed by atoms with Crippen LogP contribution in [0.1, 0.15) is 37.7 Å². The van der Waals surface area contributed by atoms with E-state index < -0.39 is 0 Å². The zero-order valence-corrected chi connectivity index (χ0v) is 13.4. The Bertz CT molecular complexity index is 585. The Kier molecular flexibility index (Phi) is 4.10. The minimum atomic E-state index is 0.564. The summed E-state index contributed by atoms with van der Waals surface area (Å²) in [5.74, 6) is 0.946. The van der Waals surface area contributed by atoms with Crippen molar-refractivity contribution < 1.29 is 0 Å². The van der Waals surface area contributed by atoms with Crippen LogP contribution in [-0.4, -0.2) is 15.6 Å². The van der Waals surface area contributed by atoms with Gasteiger partial charge in [0.25, 0.3) is 0 Å². The fourth-order valence-electron chi connectivity index (χ4n) is 2.84. The molecule has 1 heterocycles.